The molecule has 4 nitrogen and oxygen atoms in total. The van der Waals surface area contributed by atoms with Crippen LogP contribution in [-0.4, -0.2) is 9.13 Å². The van der Waals surface area contributed by atoms with Gasteiger partial charge in [0.1, 0.15) is 17.0 Å². The zero-order valence-electron chi connectivity index (χ0n) is 28.4. The van der Waals surface area contributed by atoms with Crippen molar-refractivity contribution < 1.29 is 8.81 Å². The summed E-state index contributed by atoms with van der Waals surface area (Å²) >= 11 is 0. The highest BCUT2D eigenvalue weighted by Gasteiger charge is 2.24. The van der Waals surface area contributed by atoms with Gasteiger partial charge in [-0.1, -0.05) is 97.1 Å². The van der Waals surface area contributed by atoms with Crippen LogP contribution in [0.3, 0.4) is 0 Å². The van der Waals surface area contributed by atoms with E-state index >= 15 is 0 Å². The number of benzene rings is 8. The van der Waals surface area contributed by atoms with E-state index in [0.29, 0.717) is 0 Å². The van der Waals surface area contributed by atoms with E-state index in [1.807, 2.05) is 30.3 Å². The Hall–Kier alpha value is -7.11. The normalized spacial score (nSPS) is 11.9. The first-order valence-corrected chi connectivity index (χ1v) is 17.8. The number of anilines is 3. The van der Waals surface area contributed by atoms with Crippen molar-refractivity contribution >= 4 is 82.6 Å². The SMILES string of the molecule is Fc1cccc(-n2c3ccccc3c3cccc(N(c4ccc5c(c4)oc4ccccc45)c4ccc5c6ccccc6n(-c6ccccc6)c5c4)c32)c1. The van der Waals surface area contributed by atoms with Crippen molar-refractivity contribution in [3.05, 3.63) is 188 Å². The number of furan rings is 1. The smallest absolute Gasteiger partial charge is 0.137 e. The minimum Gasteiger partial charge on any atom is -0.456 e. The van der Waals surface area contributed by atoms with Gasteiger partial charge in [0.2, 0.25) is 0 Å². The Kier molecular flexibility index (Phi) is 6.40. The van der Waals surface area contributed by atoms with Crippen molar-refractivity contribution in [2.45, 2.75) is 0 Å². The second kappa shape index (κ2) is 11.5. The summed E-state index contributed by atoms with van der Waals surface area (Å²) < 4.78 is 26.0. The average Bonchev–Trinajstić information content (AvgIpc) is 3.86. The van der Waals surface area contributed by atoms with Crippen molar-refractivity contribution in [3.63, 3.8) is 0 Å². The van der Waals surface area contributed by atoms with Gasteiger partial charge in [-0.15, -0.1) is 0 Å². The van der Waals surface area contributed by atoms with Gasteiger partial charge in [-0.2, -0.15) is 0 Å². The Bertz CT molecular complexity index is 3210. The van der Waals surface area contributed by atoms with Gasteiger partial charge in [0, 0.05) is 61.1 Å². The topological polar surface area (TPSA) is 26.2 Å². The van der Waals surface area contributed by atoms with Crippen molar-refractivity contribution in [2.75, 3.05) is 4.90 Å². The Morgan fingerprint density at radius 2 is 0.981 bits per heavy atom. The minimum absolute atomic E-state index is 0.280. The molecule has 0 radical (unpaired) electrons. The highest BCUT2D eigenvalue weighted by atomic mass is 19.1. The second-order valence-corrected chi connectivity index (χ2v) is 13.5. The van der Waals surface area contributed by atoms with Crippen molar-refractivity contribution in [2.24, 2.45) is 0 Å². The molecule has 3 aromatic heterocycles. The lowest BCUT2D eigenvalue weighted by molar-refractivity contribution is 0.627. The van der Waals surface area contributed by atoms with E-state index in [9.17, 15) is 4.39 Å². The molecule has 0 aliphatic rings. The van der Waals surface area contributed by atoms with Gasteiger partial charge in [-0.05, 0) is 78.9 Å². The van der Waals surface area contributed by atoms with Crippen LogP contribution in [-0.2, 0) is 0 Å². The fourth-order valence-electron chi connectivity index (χ4n) is 8.30. The summed E-state index contributed by atoms with van der Waals surface area (Å²) in [6.45, 7) is 0. The number of para-hydroxylation sites is 5. The fraction of sp³-hybridized carbons (Fsp3) is 0. The lowest BCUT2D eigenvalue weighted by Gasteiger charge is -2.27. The summed E-state index contributed by atoms with van der Waals surface area (Å²) in [6, 6.07) is 62.2. The predicted octanol–water partition coefficient (Wildman–Crippen LogP) is 13.4. The Morgan fingerprint density at radius 3 is 1.79 bits per heavy atom. The largest absolute Gasteiger partial charge is 0.456 e. The van der Waals surface area contributed by atoms with Crippen LogP contribution in [0.2, 0.25) is 0 Å². The third-order valence-electron chi connectivity index (χ3n) is 10.5. The summed E-state index contributed by atoms with van der Waals surface area (Å²) in [6.07, 6.45) is 0. The van der Waals surface area contributed by atoms with Crippen LogP contribution in [0.1, 0.15) is 0 Å². The summed E-state index contributed by atoms with van der Waals surface area (Å²) in [5.74, 6) is -0.280. The summed E-state index contributed by atoms with van der Waals surface area (Å²) in [4.78, 5) is 2.32. The number of hydrogen-bond donors (Lipinski definition) is 0. The first kappa shape index (κ1) is 29.6. The number of fused-ring (bicyclic) bond motifs is 9. The summed E-state index contributed by atoms with van der Waals surface area (Å²) in [5, 5.41) is 6.70. The fourth-order valence-corrected chi connectivity index (χ4v) is 8.30. The highest BCUT2D eigenvalue weighted by molar-refractivity contribution is 6.16. The van der Waals surface area contributed by atoms with E-state index in [2.05, 4.69) is 147 Å². The lowest BCUT2D eigenvalue weighted by Crippen LogP contribution is -2.12. The van der Waals surface area contributed by atoms with Gasteiger partial charge >= 0.3 is 0 Å². The molecule has 0 aliphatic heterocycles. The lowest BCUT2D eigenvalue weighted by atomic mass is 10.1. The minimum atomic E-state index is -0.280. The third-order valence-corrected chi connectivity index (χ3v) is 10.5. The van der Waals surface area contributed by atoms with Crippen molar-refractivity contribution in [3.8, 4) is 11.4 Å². The van der Waals surface area contributed by atoms with Crippen LogP contribution in [0.25, 0.3) is 76.9 Å². The van der Waals surface area contributed by atoms with Gasteiger partial charge in [-0.25, -0.2) is 4.39 Å². The molecule has 5 heteroatoms. The molecule has 0 fully saturated rings. The molecule has 0 saturated heterocycles. The Labute approximate surface area is 303 Å². The second-order valence-electron chi connectivity index (χ2n) is 13.5. The van der Waals surface area contributed by atoms with Gasteiger partial charge < -0.3 is 18.5 Å². The zero-order valence-corrected chi connectivity index (χ0v) is 28.4. The summed E-state index contributed by atoms with van der Waals surface area (Å²) in [7, 11) is 0. The maximum absolute atomic E-state index is 15.0. The Morgan fingerprint density at radius 1 is 0.396 bits per heavy atom. The molecule has 0 saturated carbocycles. The standard InChI is InChI=1S/C48H30FN3O/c49-31-12-10-15-33(28-31)52-43-21-8-5-17-37(43)41-19-11-22-44(48(41)52)50(35-25-27-40-39-18-6-9-23-46(39)53-47(40)30-35)34-24-26-38-36-16-4-7-20-42(36)51(45(38)29-34)32-13-2-1-3-14-32/h1-30H. The first-order valence-electron chi connectivity index (χ1n) is 17.8. The quantitative estimate of drug-likeness (QED) is 0.180. The van der Waals surface area contributed by atoms with E-state index in [1.54, 1.807) is 12.1 Å². The first-order chi connectivity index (χ1) is 26.2. The molecule has 11 aromatic rings. The third kappa shape index (κ3) is 4.47. The molecule has 3 heterocycles. The molecule has 0 spiro atoms. The van der Waals surface area contributed by atoms with E-state index in [1.165, 1.54) is 16.8 Å². The van der Waals surface area contributed by atoms with Gasteiger partial charge in [0.15, 0.2) is 0 Å². The molecule has 8 aromatic carbocycles. The van der Waals surface area contributed by atoms with Crippen LogP contribution >= 0.6 is 0 Å². The Balaban J connectivity index is 1.25. The molecule has 0 bridgehead atoms. The maximum Gasteiger partial charge on any atom is 0.137 e. The zero-order chi connectivity index (χ0) is 35.0. The number of hydrogen-bond acceptors (Lipinski definition) is 2. The molecular weight excluding hydrogens is 654 g/mol. The van der Waals surface area contributed by atoms with Crippen LogP contribution in [0, 0.1) is 5.82 Å². The maximum atomic E-state index is 15.0. The average molecular weight is 684 g/mol. The van der Waals surface area contributed by atoms with Crippen LogP contribution in [0.4, 0.5) is 21.5 Å². The molecule has 0 atom stereocenters. The van der Waals surface area contributed by atoms with Gasteiger partial charge in [0.25, 0.3) is 0 Å². The van der Waals surface area contributed by atoms with Crippen LogP contribution < -0.4 is 4.90 Å². The number of halogens is 1. The molecule has 53 heavy (non-hydrogen) atoms. The van der Waals surface area contributed by atoms with Crippen LogP contribution in [0.15, 0.2) is 186 Å². The van der Waals surface area contributed by atoms with Crippen molar-refractivity contribution in [1.29, 1.82) is 0 Å². The molecular formula is C48H30FN3O. The van der Waals surface area contributed by atoms with E-state index in [0.717, 1.165) is 83.2 Å². The monoisotopic (exact) mass is 683 g/mol. The molecule has 0 unspecified atom stereocenters. The molecule has 0 amide bonds. The van der Waals surface area contributed by atoms with E-state index < -0.39 is 0 Å². The summed E-state index contributed by atoms with van der Waals surface area (Å²) in [5.41, 5.74) is 10.6. The van der Waals surface area contributed by atoms with E-state index in [4.69, 9.17) is 4.42 Å². The number of aromatic nitrogens is 2. The van der Waals surface area contributed by atoms with Gasteiger partial charge in [0.05, 0.1) is 27.8 Å². The van der Waals surface area contributed by atoms with Crippen LogP contribution in [0.5, 0.6) is 0 Å². The van der Waals surface area contributed by atoms with Gasteiger partial charge in [-0.3, -0.25) is 0 Å². The molecule has 250 valence electrons. The highest BCUT2D eigenvalue weighted by Crippen LogP contribution is 2.46. The molecule has 0 aliphatic carbocycles. The number of rotatable bonds is 5. The number of nitrogens with zero attached hydrogens (tertiary/aromatic N) is 3. The predicted molar refractivity (Wildman–Crippen MR) is 217 cm³/mol. The molecule has 11 rings (SSSR count). The molecule has 0 N–H and O–H groups in total. The van der Waals surface area contributed by atoms with Crippen molar-refractivity contribution in [1.82, 2.24) is 9.13 Å². The van der Waals surface area contributed by atoms with E-state index in [-0.39, 0.29) is 5.82 Å².